The first-order valence-corrected chi connectivity index (χ1v) is 14.4. The molecule has 1 saturated heterocycles. The summed E-state index contributed by atoms with van der Waals surface area (Å²) in [4.78, 5) is 58.9. The molecule has 3 aliphatic rings. The zero-order chi connectivity index (χ0) is 30.9. The van der Waals surface area contributed by atoms with Crippen LogP contribution in [0.1, 0.15) is 61.1 Å². The van der Waals surface area contributed by atoms with Gasteiger partial charge in [-0.15, -0.1) is 0 Å². The summed E-state index contributed by atoms with van der Waals surface area (Å²) >= 11 is 6.21. The molecule has 3 amide bonds. The third-order valence-corrected chi connectivity index (χ3v) is 7.46. The number of amidine groups is 1. The molecule has 2 aromatic rings. The van der Waals surface area contributed by atoms with E-state index in [1.54, 1.807) is 23.1 Å². The Bertz CT molecular complexity index is 1560. The van der Waals surface area contributed by atoms with Gasteiger partial charge in [-0.1, -0.05) is 48.0 Å². The SMILES string of the molecule is CC(C)(C)Oc1cc(C(=O)CC(=O)O)ccc1C1=N[C@@H](c2ccc(Cl)cc2)[C@@H](C2=CCC=C2)N1C(=O)N1CCNC(=O)C1. The van der Waals surface area contributed by atoms with Crippen molar-refractivity contribution in [2.24, 2.45) is 4.99 Å². The van der Waals surface area contributed by atoms with Gasteiger partial charge in [0.05, 0.1) is 11.6 Å². The molecule has 2 atom stereocenters. The van der Waals surface area contributed by atoms with Gasteiger partial charge in [-0.25, -0.2) is 4.79 Å². The molecule has 2 N–H and O–H groups in total. The van der Waals surface area contributed by atoms with Crippen LogP contribution in [0.4, 0.5) is 4.79 Å². The molecule has 0 spiro atoms. The second kappa shape index (κ2) is 12.0. The molecule has 5 rings (SSSR count). The molecule has 0 aromatic heterocycles. The van der Waals surface area contributed by atoms with E-state index in [1.807, 2.05) is 45.1 Å². The highest BCUT2D eigenvalue weighted by atomic mass is 35.5. The van der Waals surface area contributed by atoms with Gasteiger partial charge in [-0.05, 0) is 62.6 Å². The van der Waals surface area contributed by atoms with Gasteiger partial charge in [0, 0.05) is 23.7 Å². The number of nitrogens with zero attached hydrogens (tertiary/aromatic N) is 3. The molecule has 10 nitrogen and oxygen atoms in total. The number of ether oxygens (including phenoxy) is 1. The number of rotatable bonds is 7. The van der Waals surface area contributed by atoms with Crippen molar-refractivity contribution in [3.63, 3.8) is 0 Å². The maximum Gasteiger partial charge on any atom is 0.326 e. The molecule has 0 bridgehead atoms. The number of hydrogen-bond donors (Lipinski definition) is 2. The van der Waals surface area contributed by atoms with Crippen molar-refractivity contribution in [2.45, 2.75) is 51.3 Å². The summed E-state index contributed by atoms with van der Waals surface area (Å²) in [5, 5.41) is 12.5. The number of benzene rings is 2. The molecule has 224 valence electrons. The van der Waals surface area contributed by atoms with Gasteiger partial charge < -0.3 is 20.1 Å². The van der Waals surface area contributed by atoms with Crippen molar-refractivity contribution in [1.82, 2.24) is 15.1 Å². The minimum Gasteiger partial charge on any atom is -0.487 e. The van der Waals surface area contributed by atoms with Crippen LogP contribution in [0.5, 0.6) is 5.75 Å². The second-order valence-electron chi connectivity index (χ2n) is 11.6. The molecular formula is C32H33ClN4O6. The Labute approximate surface area is 254 Å². The number of aliphatic carboxylic acids is 1. The summed E-state index contributed by atoms with van der Waals surface area (Å²) < 4.78 is 6.31. The lowest BCUT2D eigenvalue weighted by atomic mass is 9.94. The van der Waals surface area contributed by atoms with Crippen LogP contribution in [0.3, 0.4) is 0 Å². The Morgan fingerprint density at radius 1 is 1.14 bits per heavy atom. The van der Waals surface area contributed by atoms with Gasteiger partial charge in [0.25, 0.3) is 0 Å². The van der Waals surface area contributed by atoms with Crippen molar-refractivity contribution in [1.29, 1.82) is 0 Å². The monoisotopic (exact) mass is 604 g/mol. The number of carbonyl (C=O) groups excluding carboxylic acids is 3. The van der Waals surface area contributed by atoms with Crippen LogP contribution in [0.2, 0.25) is 5.02 Å². The molecule has 1 fully saturated rings. The maximum atomic E-state index is 14.4. The highest BCUT2D eigenvalue weighted by Crippen LogP contribution is 2.41. The van der Waals surface area contributed by atoms with E-state index in [0.717, 1.165) is 11.1 Å². The fourth-order valence-electron chi connectivity index (χ4n) is 5.38. The zero-order valence-electron chi connectivity index (χ0n) is 24.2. The third-order valence-electron chi connectivity index (χ3n) is 7.21. The molecule has 0 saturated carbocycles. The van der Waals surface area contributed by atoms with Crippen molar-refractivity contribution >= 4 is 41.1 Å². The Hall–Kier alpha value is -4.44. The zero-order valence-corrected chi connectivity index (χ0v) is 24.9. The molecule has 2 aromatic carbocycles. The van der Waals surface area contributed by atoms with Gasteiger partial charge in [0.2, 0.25) is 5.91 Å². The van der Waals surface area contributed by atoms with Crippen LogP contribution < -0.4 is 10.1 Å². The maximum absolute atomic E-state index is 14.4. The quantitative estimate of drug-likeness (QED) is 0.346. The minimum absolute atomic E-state index is 0.0934. The summed E-state index contributed by atoms with van der Waals surface area (Å²) in [6.45, 7) is 6.11. The molecule has 0 radical (unpaired) electrons. The van der Waals surface area contributed by atoms with E-state index < -0.39 is 35.9 Å². The largest absolute Gasteiger partial charge is 0.487 e. The number of Topliss-reactive ketones (excluding diaryl/α,β-unsaturated/α-hetero) is 1. The lowest BCUT2D eigenvalue weighted by Gasteiger charge is -2.36. The summed E-state index contributed by atoms with van der Waals surface area (Å²) in [7, 11) is 0. The summed E-state index contributed by atoms with van der Waals surface area (Å²) in [5.41, 5.74) is 1.67. The topological polar surface area (TPSA) is 129 Å². The van der Waals surface area contributed by atoms with Crippen LogP contribution in [0.15, 0.2) is 71.3 Å². The Balaban J connectivity index is 1.69. The Kier molecular flexibility index (Phi) is 8.41. The minimum atomic E-state index is -1.23. The molecular weight excluding hydrogens is 572 g/mol. The number of carboxylic acid groups (broad SMARTS) is 1. The van der Waals surface area contributed by atoms with Crippen LogP contribution in [0, 0.1) is 0 Å². The van der Waals surface area contributed by atoms with Gasteiger partial charge in [0.1, 0.15) is 36.2 Å². The number of urea groups is 1. The third kappa shape index (κ3) is 6.64. The number of nitrogens with one attached hydrogen (secondary N) is 1. The average Bonchev–Trinajstić information content (AvgIpc) is 3.60. The number of piperazine rings is 1. The average molecular weight is 605 g/mol. The van der Waals surface area contributed by atoms with E-state index >= 15 is 0 Å². The molecule has 2 aliphatic heterocycles. The highest BCUT2D eigenvalue weighted by Gasteiger charge is 2.46. The first-order valence-electron chi connectivity index (χ1n) is 14.0. The van der Waals surface area contributed by atoms with E-state index in [2.05, 4.69) is 11.4 Å². The number of carbonyl (C=O) groups is 4. The van der Waals surface area contributed by atoms with Crippen molar-refractivity contribution in [2.75, 3.05) is 19.6 Å². The summed E-state index contributed by atoms with van der Waals surface area (Å²) in [6.07, 6.45) is 6.09. The Morgan fingerprint density at radius 3 is 2.51 bits per heavy atom. The first-order chi connectivity index (χ1) is 20.4. The second-order valence-corrected chi connectivity index (χ2v) is 12.0. The molecule has 1 aliphatic carbocycles. The number of amides is 3. The van der Waals surface area contributed by atoms with Gasteiger partial charge in [0.15, 0.2) is 5.78 Å². The van der Waals surface area contributed by atoms with Crippen molar-refractivity contribution in [3.05, 3.63) is 88.0 Å². The number of aliphatic imine (C=N–C) groups is 1. The molecule has 43 heavy (non-hydrogen) atoms. The predicted molar refractivity (Wildman–Crippen MR) is 162 cm³/mol. The van der Waals surface area contributed by atoms with Crippen molar-refractivity contribution in [3.8, 4) is 5.75 Å². The van der Waals surface area contributed by atoms with E-state index in [1.165, 1.54) is 17.0 Å². The molecule has 0 unspecified atom stereocenters. The number of hydrogen-bond acceptors (Lipinski definition) is 6. The number of carboxylic acids is 1. The van der Waals surface area contributed by atoms with E-state index in [9.17, 15) is 24.3 Å². The highest BCUT2D eigenvalue weighted by molar-refractivity contribution is 6.30. The Morgan fingerprint density at radius 2 is 1.88 bits per heavy atom. The smallest absolute Gasteiger partial charge is 0.326 e. The van der Waals surface area contributed by atoms with Gasteiger partial charge >= 0.3 is 12.0 Å². The predicted octanol–water partition coefficient (Wildman–Crippen LogP) is 4.78. The van der Waals surface area contributed by atoms with Crippen LogP contribution >= 0.6 is 11.6 Å². The number of ketones is 1. The van der Waals surface area contributed by atoms with E-state index in [0.29, 0.717) is 35.9 Å². The fourth-order valence-corrected chi connectivity index (χ4v) is 5.50. The van der Waals surface area contributed by atoms with Gasteiger partial charge in [-0.3, -0.25) is 24.3 Å². The van der Waals surface area contributed by atoms with Gasteiger partial charge in [-0.2, -0.15) is 0 Å². The number of halogens is 1. The summed E-state index contributed by atoms with van der Waals surface area (Å²) in [5.74, 6) is -1.46. The normalized spacial score (nSPS) is 20.0. The van der Waals surface area contributed by atoms with E-state index in [-0.39, 0.29) is 29.8 Å². The molecule has 2 heterocycles. The van der Waals surface area contributed by atoms with E-state index in [4.69, 9.17) is 21.3 Å². The fraction of sp³-hybridized carbons (Fsp3) is 0.344. The number of allylic oxidation sites excluding steroid dienone is 2. The summed E-state index contributed by atoms with van der Waals surface area (Å²) in [6, 6.07) is 10.5. The van der Waals surface area contributed by atoms with Crippen LogP contribution in [-0.4, -0.2) is 75.7 Å². The molecule has 11 heteroatoms. The van der Waals surface area contributed by atoms with Crippen molar-refractivity contribution < 1.29 is 29.0 Å². The first kappa shape index (κ1) is 30.0. The van der Waals surface area contributed by atoms with Crippen LogP contribution in [0.25, 0.3) is 0 Å². The lowest BCUT2D eigenvalue weighted by molar-refractivity contribution is -0.136. The lowest BCUT2D eigenvalue weighted by Crippen LogP contribution is -2.56. The van der Waals surface area contributed by atoms with Crippen LogP contribution in [-0.2, 0) is 9.59 Å². The standard InChI is InChI=1S/C32H33ClN4O6/c1-32(2,3)43-25-16-21(24(38)17-27(40)41)10-13-23(25)30-35-28(19-8-11-22(33)12-9-19)29(20-6-4-5-7-20)37(30)31(42)36-15-14-34-26(39)18-36/h4,6-13,16,28-29H,5,14-15,17-18H2,1-3H3,(H,34,39)(H,40,41)/t28-,29+/m0/s1.